The Morgan fingerprint density at radius 1 is 1.32 bits per heavy atom. The molecule has 19 heavy (non-hydrogen) atoms. The van der Waals surface area contributed by atoms with Crippen molar-refractivity contribution >= 4 is 17.3 Å². The Bertz CT molecular complexity index is 658. The predicted octanol–water partition coefficient (Wildman–Crippen LogP) is 2.61. The Morgan fingerprint density at radius 3 is 2.95 bits per heavy atom. The molecule has 0 aliphatic carbocycles. The zero-order valence-corrected chi connectivity index (χ0v) is 10.0. The molecule has 2 heterocycles. The number of rotatable bonds is 2. The van der Waals surface area contributed by atoms with Gasteiger partial charge in [-0.1, -0.05) is 6.07 Å². The van der Waals surface area contributed by atoms with Crippen molar-refractivity contribution in [3.63, 3.8) is 0 Å². The molecule has 96 valence electrons. The summed E-state index contributed by atoms with van der Waals surface area (Å²) in [6, 6.07) is 6.25. The van der Waals surface area contributed by atoms with Crippen LogP contribution in [0.15, 0.2) is 36.7 Å². The molecule has 0 saturated carbocycles. The lowest BCUT2D eigenvalue weighted by atomic mass is 10.1. The number of hydrogen-bond acceptors (Lipinski definition) is 3. The summed E-state index contributed by atoms with van der Waals surface area (Å²) in [7, 11) is 0. The van der Waals surface area contributed by atoms with Gasteiger partial charge in [0.2, 0.25) is 0 Å². The third-order valence-electron chi connectivity index (χ3n) is 3.26. The SMILES string of the molecule is O=C(O)c1cnccc1N1CCc2ccc(F)cc21. The molecular weight excluding hydrogens is 247 g/mol. The van der Waals surface area contributed by atoms with Gasteiger partial charge in [-0.3, -0.25) is 4.98 Å². The first-order chi connectivity index (χ1) is 9.16. The molecule has 0 saturated heterocycles. The lowest BCUT2D eigenvalue weighted by Gasteiger charge is -2.21. The van der Waals surface area contributed by atoms with E-state index in [1.54, 1.807) is 18.3 Å². The molecule has 0 spiro atoms. The highest BCUT2D eigenvalue weighted by atomic mass is 19.1. The molecule has 0 radical (unpaired) electrons. The topological polar surface area (TPSA) is 53.4 Å². The van der Waals surface area contributed by atoms with E-state index in [1.807, 2.05) is 4.90 Å². The Kier molecular flexibility index (Phi) is 2.67. The Labute approximate surface area is 109 Å². The molecule has 1 aliphatic rings. The molecule has 1 aliphatic heterocycles. The number of carboxylic acids is 1. The minimum Gasteiger partial charge on any atom is -0.478 e. The van der Waals surface area contributed by atoms with Crippen molar-refractivity contribution in [2.45, 2.75) is 6.42 Å². The van der Waals surface area contributed by atoms with E-state index < -0.39 is 5.97 Å². The third kappa shape index (κ3) is 1.93. The number of carboxylic acid groups (broad SMARTS) is 1. The monoisotopic (exact) mass is 258 g/mol. The molecule has 4 nitrogen and oxygen atoms in total. The van der Waals surface area contributed by atoms with Gasteiger partial charge in [0.05, 0.1) is 5.69 Å². The number of halogens is 1. The van der Waals surface area contributed by atoms with Gasteiger partial charge in [0.1, 0.15) is 11.4 Å². The van der Waals surface area contributed by atoms with Gasteiger partial charge in [-0.15, -0.1) is 0 Å². The summed E-state index contributed by atoms with van der Waals surface area (Å²) in [6.45, 7) is 0.642. The maximum Gasteiger partial charge on any atom is 0.339 e. The minimum atomic E-state index is -1.03. The summed E-state index contributed by atoms with van der Waals surface area (Å²) < 4.78 is 13.4. The van der Waals surface area contributed by atoms with Crippen LogP contribution in [0.2, 0.25) is 0 Å². The fourth-order valence-electron chi connectivity index (χ4n) is 2.39. The fourth-order valence-corrected chi connectivity index (χ4v) is 2.39. The number of aromatic nitrogens is 1. The number of fused-ring (bicyclic) bond motifs is 1. The molecule has 0 atom stereocenters. The second kappa shape index (κ2) is 4.35. The molecule has 1 N–H and O–H groups in total. The van der Waals surface area contributed by atoms with Crippen LogP contribution in [0.3, 0.4) is 0 Å². The summed E-state index contributed by atoms with van der Waals surface area (Å²) >= 11 is 0. The molecule has 0 fully saturated rings. The van der Waals surface area contributed by atoms with Crippen LogP contribution in [0.1, 0.15) is 15.9 Å². The zero-order chi connectivity index (χ0) is 13.4. The predicted molar refractivity (Wildman–Crippen MR) is 68.3 cm³/mol. The molecule has 1 aromatic carbocycles. The Balaban J connectivity index is 2.11. The third-order valence-corrected chi connectivity index (χ3v) is 3.26. The number of benzene rings is 1. The molecule has 0 bridgehead atoms. The van der Waals surface area contributed by atoms with E-state index in [0.29, 0.717) is 12.2 Å². The van der Waals surface area contributed by atoms with E-state index in [1.165, 1.54) is 18.3 Å². The standard InChI is InChI=1S/C14H11FN2O2/c15-10-2-1-9-4-6-17(13(9)7-10)12-3-5-16-8-11(12)14(18)19/h1-3,5,7-8H,4,6H2,(H,18,19). The van der Waals surface area contributed by atoms with Crippen LogP contribution < -0.4 is 4.90 Å². The molecule has 5 heteroatoms. The number of pyridine rings is 1. The van der Waals surface area contributed by atoms with Gasteiger partial charge in [-0.25, -0.2) is 9.18 Å². The van der Waals surface area contributed by atoms with E-state index in [-0.39, 0.29) is 11.4 Å². The fraction of sp³-hybridized carbons (Fsp3) is 0.143. The van der Waals surface area contributed by atoms with Crippen molar-refractivity contribution in [1.82, 2.24) is 4.98 Å². The summed E-state index contributed by atoms with van der Waals surface area (Å²) in [6.07, 6.45) is 3.63. The molecule has 2 aromatic rings. The van der Waals surface area contributed by atoms with Gasteiger partial charge in [0.15, 0.2) is 0 Å². The number of hydrogen-bond donors (Lipinski definition) is 1. The first kappa shape index (κ1) is 11.6. The molecule has 3 rings (SSSR count). The number of aromatic carboxylic acids is 1. The van der Waals surface area contributed by atoms with Crippen LogP contribution in [0.25, 0.3) is 0 Å². The van der Waals surface area contributed by atoms with E-state index in [9.17, 15) is 14.3 Å². The summed E-state index contributed by atoms with van der Waals surface area (Å²) in [5, 5.41) is 9.19. The van der Waals surface area contributed by atoms with Gasteiger partial charge in [-0.2, -0.15) is 0 Å². The van der Waals surface area contributed by atoms with Crippen LogP contribution in [0.5, 0.6) is 0 Å². The van der Waals surface area contributed by atoms with E-state index in [0.717, 1.165) is 17.7 Å². The Hall–Kier alpha value is -2.43. The van der Waals surface area contributed by atoms with Gasteiger partial charge in [-0.05, 0) is 30.2 Å². The van der Waals surface area contributed by atoms with Gasteiger partial charge >= 0.3 is 5.97 Å². The van der Waals surface area contributed by atoms with Crippen LogP contribution in [0.4, 0.5) is 15.8 Å². The zero-order valence-electron chi connectivity index (χ0n) is 10.0. The van der Waals surface area contributed by atoms with Crippen LogP contribution in [0, 0.1) is 5.82 Å². The van der Waals surface area contributed by atoms with Crippen LogP contribution in [-0.4, -0.2) is 22.6 Å². The lowest BCUT2D eigenvalue weighted by Crippen LogP contribution is -2.17. The first-order valence-corrected chi connectivity index (χ1v) is 5.90. The van der Waals surface area contributed by atoms with Crippen molar-refractivity contribution in [2.75, 3.05) is 11.4 Å². The summed E-state index contributed by atoms with van der Waals surface area (Å²) in [5.74, 6) is -1.36. The van der Waals surface area contributed by atoms with E-state index in [4.69, 9.17) is 0 Å². The molecule has 1 aromatic heterocycles. The second-order valence-electron chi connectivity index (χ2n) is 4.37. The number of carbonyl (C=O) groups is 1. The van der Waals surface area contributed by atoms with Crippen LogP contribution in [-0.2, 0) is 6.42 Å². The molecule has 0 unspecified atom stereocenters. The molecule has 0 amide bonds. The second-order valence-corrected chi connectivity index (χ2v) is 4.37. The quantitative estimate of drug-likeness (QED) is 0.899. The average molecular weight is 258 g/mol. The van der Waals surface area contributed by atoms with Crippen molar-refractivity contribution in [1.29, 1.82) is 0 Å². The van der Waals surface area contributed by atoms with Crippen LogP contribution >= 0.6 is 0 Å². The van der Waals surface area contributed by atoms with Gasteiger partial charge in [0, 0.05) is 24.6 Å². The normalized spacial score (nSPS) is 13.4. The lowest BCUT2D eigenvalue weighted by molar-refractivity contribution is 0.0697. The highest BCUT2D eigenvalue weighted by Crippen LogP contribution is 2.36. The highest BCUT2D eigenvalue weighted by molar-refractivity contribution is 5.95. The minimum absolute atomic E-state index is 0.125. The number of anilines is 2. The van der Waals surface area contributed by atoms with Crippen molar-refractivity contribution < 1.29 is 14.3 Å². The summed E-state index contributed by atoms with van der Waals surface area (Å²) in [4.78, 5) is 16.9. The van der Waals surface area contributed by atoms with Crippen molar-refractivity contribution in [3.8, 4) is 0 Å². The Morgan fingerprint density at radius 2 is 2.16 bits per heavy atom. The highest BCUT2D eigenvalue weighted by Gasteiger charge is 2.24. The van der Waals surface area contributed by atoms with Gasteiger partial charge < -0.3 is 10.0 Å². The number of nitrogens with zero attached hydrogens (tertiary/aromatic N) is 2. The van der Waals surface area contributed by atoms with Crippen molar-refractivity contribution in [2.24, 2.45) is 0 Å². The summed E-state index contributed by atoms with van der Waals surface area (Å²) in [5.41, 5.74) is 2.43. The largest absolute Gasteiger partial charge is 0.478 e. The first-order valence-electron chi connectivity index (χ1n) is 5.90. The smallest absolute Gasteiger partial charge is 0.339 e. The van der Waals surface area contributed by atoms with Crippen molar-refractivity contribution in [3.05, 3.63) is 53.6 Å². The maximum absolute atomic E-state index is 13.4. The maximum atomic E-state index is 13.4. The average Bonchev–Trinajstić information content (AvgIpc) is 2.81. The van der Waals surface area contributed by atoms with Gasteiger partial charge in [0.25, 0.3) is 0 Å². The van der Waals surface area contributed by atoms with E-state index in [2.05, 4.69) is 4.98 Å². The molecular formula is C14H11FN2O2. The van der Waals surface area contributed by atoms with E-state index >= 15 is 0 Å².